The minimum absolute atomic E-state index is 0.00637. The highest BCUT2D eigenvalue weighted by Crippen LogP contribution is 2.42. The number of hydrogen-bond acceptors (Lipinski definition) is 3. The Balaban J connectivity index is 2.17. The van der Waals surface area contributed by atoms with Crippen molar-refractivity contribution in [1.29, 1.82) is 0 Å². The summed E-state index contributed by atoms with van der Waals surface area (Å²) in [6, 6.07) is 4.33. The van der Waals surface area contributed by atoms with E-state index in [9.17, 15) is 8.78 Å². The maximum Gasteiger partial charge on any atom is 0.586 e. The predicted octanol–water partition coefficient (Wildman–Crippen LogP) is 2.83. The first-order chi connectivity index (χ1) is 8.04. The Hall–Kier alpha value is -1.96. The average molecular weight is 239 g/mol. The first-order valence-corrected chi connectivity index (χ1v) is 5.16. The van der Waals surface area contributed by atoms with Crippen LogP contribution in [0.4, 0.5) is 14.5 Å². The number of halogens is 2. The molecule has 17 heavy (non-hydrogen) atoms. The number of nitrogens with one attached hydrogen (secondary N) is 1. The highest BCUT2D eigenvalue weighted by molar-refractivity contribution is 5.56. The number of hydrogen-bond donors (Lipinski definition) is 1. The topological polar surface area (TPSA) is 30.5 Å². The molecule has 1 unspecified atom stereocenters. The molecule has 0 saturated heterocycles. The average Bonchev–Trinajstić information content (AvgIpc) is 2.58. The van der Waals surface area contributed by atoms with Crippen LogP contribution in [0.5, 0.6) is 11.5 Å². The Bertz CT molecular complexity index is 468. The van der Waals surface area contributed by atoms with E-state index in [1.807, 2.05) is 6.92 Å². The summed E-state index contributed by atoms with van der Waals surface area (Å²) in [7, 11) is 0. The quantitative estimate of drug-likeness (QED) is 0.823. The second-order valence-corrected chi connectivity index (χ2v) is 3.60. The first-order valence-electron chi connectivity index (χ1n) is 5.16. The number of rotatable bonds is 3. The van der Waals surface area contributed by atoms with Gasteiger partial charge in [0, 0.05) is 11.8 Å². The van der Waals surface area contributed by atoms with Gasteiger partial charge in [-0.1, -0.05) is 12.8 Å². The van der Waals surface area contributed by atoms with Crippen LogP contribution < -0.4 is 14.8 Å². The normalized spacial score (nSPS) is 17.3. The molecule has 1 heterocycles. The van der Waals surface area contributed by atoms with E-state index in [2.05, 4.69) is 20.7 Å². The molecule has 0 bridgehead atoms. The summed E-state index contributed by atoms with van der Waals surface area (Å²) in [4.78, 5) is 0. The van der Waals surface area contributed by atoms with Gasteiger partial charge in [-0.05, 0) is 18.6 Å². The highest BCUT2D eigenvalue weighted by Gasteiger charge is 2.43. The monoisotopic (exact) mass is 239 g/mol. The van der Waals surface area contributed by atoms with Gasteiger partial charge in [-0.2, -0.15) is 0 Å². The van der Waals surface area contributed by atoms with Crippen LogP contribution in [-0.2, 0) is 0 Å². The van der Waals surface area contributed by atoms with E-state index in [0.29, 0.717) is 5.69 Å². The molecule has 1 aromatic rings. The van der Waals surface area contributed by atoms with Crippen LogP contribution in [0.15, 0.2) is 18.2 Å². The van der Waals surface area contributed by atoms with Crippen molar-refractivity contribution >= 4 is 5.69 Å². The molecule has 1 N–H and O–H groups in total. The number of alkyl halides is 2. The number of terminal acetylenes is 1. The second-order valence-electron chi connectivity index (χ2n) is 3.60. The molecule has 0 radical (unpaired) electrons. The minimum atomic E-state index is -3.59. The van der Waals surface area contributed by atoms with Crippen molar-refractivity contribution in [2.45, 2.75) is 25.7 Å². The lowest BCUT2D eigenvalue weighted by molar-refractivity contribution is -0.286. The summed E-state index contributed by atoms with van der Waals surface area (Å²) in [5.41, 5.74) is 0.620. The fraction of sp³-hybridized carbons (Fsp3) is 0.333. The van der Waals surface area contributed by atoms with Crippen molar-refractivity contribution < 1.29 is 18.3 Å². The van der Waals surface area contributed by atoms with Gasteiger partial charge in [0.25, 0.3) is 0 Å². The summed E-state index contributed by atoms with van der Waals surface area (Å²) in [6.07, 6.45) is 2.45. The van der Waals surface area contributed by atoms with Crippen LogP contribution in [0.3, 0.4) is 0 Å². The van der Waals surface area contributed by atoms with Gasteiger partial charge in [0.2, 0.25) is 0 Å². The number of benzene rings is 1. The van der Waals surface area contributed by atoms with E-state index in [4.69, 9.17) is 6.42 Å². The number of anilines is 1. The van der Waals surface area contributed by atoms with Gasteiger partial charge in [-0.3, -0.25) is 0 Å². The first kappa shape index (κ1) is 11.5. The Kier molecular flexibility index (Phi) is 2.80. The molecule has 90 valence electrons. The fourth-order valence-corrected chi connectivity index (χ4v) is 1.50. The molecule has 3 nitrogen and oxygen atoms in total. The molecule has 1 aliphatic rings. The molecule has 0 aromatic heterocycles. The zero-order valence-electron chi connectivity index (χ0n) is 9.17. The third kappa shape index (κ3) is 2.41. The zero-order valence-corrected chi connectivity index (χ0v) is 9.17. The van der Waals surface area contributed by atoms with E-state index >= 15 is 0 Å². The van der Waals surface area contributed by atoms with Gasteiger partial charge in [-0.15, -0.1) is 15.2 Å². The lowest BCUT2D eigenvalue weighted by atomic mass is 10.2. The summed E-state index contributed by atoms with van der Waals surface area (Å²) in [5, 5.41) is 3.02. The fourth-order valence-electron chi connectivity index (χ4n) is 1.50. The molecule has 5 heteroatoms. The van der Waals surface area contributed by atoms with Crippen molar-refractivity contribution in [3.05, 3.63) is 18.2 Å². The van der Waals surface area contributed by atoms with Gasteiger partial charge in [-0.25, -0.2) is 0 Å². The molecule has 1 aliphatic heterocycles. The number of fused-ring (bicyclic) bond motifs is 1. The third-order valence-corrected chi connectivity index (χ3v) is 2.35. The molecule has 0 saturated carbocycles. The highest BCUT2D eigenvalue weighted by atomic mass is 19.3. The van der Waals surface area contributed by atoms with Gasteiger partial charge < -0.3 is 14.8 Å². The van der Waals surface area contributed by atoms with Crippen LogP contribution >= 0.6 is 0 Å². The minimum Gasteiger partial charge on any atom is -0.395 e. The molecule has 0 aliphatic carbocycles. The smallest absolute Gasteiger partial charge is 0.395 e. The van der Waals surface area contributed by atoms with Crippen LogP contribution in [-0.4, -0.2) is 12.3 Å². The van der Waals surface area contributed by atoms with Crippen molar-refractivity contribution in [2.75, 3.05) is 5.32 Å². The molecule has 0 fully saturated rings. The maximum atomic E-state index is 12.8. The lowest BCUT2D eigenvalue weighted by Crippen LogP contribution is -2.25. The second kappa shape index (κ2) is 4.13. The third-order valence-electron chi connectivity index (χ3n) is 2.35. The molecular formula is C12H11F2NO2. The van der Waals surface area contributed by atoms with Gasteiger partial charge in [0.15, 0.2) is 11.5 Å². The van der Waals surface area contributed by atoms with E-state index in [0.717, 1.165) is 6.42 Å². The van der Waals surface area contributed by atoms with Crippen LogP contribution in [0.2, 0.25) is 0 Å². The van der Waals surface area contributed by atoms with Crippen LogP contribution in [0, 0.1) is 12.3 Å². The number of ether oxygens (including phenoxy) is 2. The summed E-state index contributed by atoms with van der Waals surface area (Å²) >= 11 is 0. The summed E-state index contributed by atoms with van der Waals surface area (Å²) in [6.45, 7) is 1.93. The summed E-state index contributed by atoms with van der Waals surface area (Å²) < 4.78 is 34.2. The van der Waals surface area contributed by atoms with E-state index < -0.39 is 6.29 Å². The Morgan fingerprint density at radius 3 is 2.76 bits per heavy atom. The Labute approximate surface area is 97.7 Å². The Morgan fingerprint density at radius 2 is 2.12 bits per heavy atom. The van der Waals surface area contributed by atoms with Crippen molar-refractivity contribution in [1.82, 2.24) is 0 Å². The molecule has 1 aromatic carbocycles. The van der Waals surface area contributed by atoms with E-state index in [1.165, 1.54) is 12.1 Å². The van der Waals surface area contributed by atoms with Crippen molar-refractivity contribution in [2.24, 2.45) is 0 Å². The zero-order chi connectivity index (χ0) is 12.5. The van der Waals surface area contributed by atoms with Crippen molar-refractivity contribution in [3.63, 3.8) is 0 Å². The molecular weight excluding hydrogens is 228 g/mol. The maximum absolute atomic E-state index is 12.8. The van der Waals surface area contributed by atoms with E-state index in [1.54, 1.807) is 6.07 Å². The standard InChI is InChI=1S/C12H11F2NO2/c1-3-8(4-2)15-9-5-6-10-11(7-9)17-12(13,14)16-10/h1,5-8,15H,4H2,2H3. The lowest BCUT2D eigenvalue weighted by Gasteiger charge is -2.12. The molecule has 0 spiro atoms. The Morgan fingerprint density at radius 1 is 1.41 bits per heavy atom. The van der Waals surface area contributed by atoms with Gasteiger partial charge >= 0.3 is 6.29 Å². The van der Waals surface area contributed by atoms with Crippen molar-refractivity contribution in [3.8, 4) is 23.8 Å². The predicted molar refractivity (Wildman–Crippen MR) is 59.2 cm³/mol. The van der Waals surface area contributed by atoms with Crippen LogP contribution in [0.1, 0.15) is 13.3 Å². The SMILES string of the molecule is C#CC(CC)Nc1ccc2c(c1)OC(F)(F)O2. The van der Waals surface area contributed by atoms with Crippen LogP contribution in [0.25, 0.3) is 0 Å². The largest absolute Gasteiger partial charge is 0.586 e. The van der Waals surface area contributed by atoms with Gasteiger partial charge in [0.1, 0.15) is 0 Å². The summed E-state index contributed by atoms with van der Waals surface area (Å²) in [5.74, 6) is 2.58. The van der Waals surface area contributed by atoms with E-state index in [-0.39, 0.29) is 17.5 Å². The molecule has 2 rings (SSSR count). The molecule has 0 amide bonds. The molecule has 1 atom stereocenters. The van der Waals surface area contributed by atoms with Gasteiger partial charge in [0.05, 0.1) is 6.04 Å².